The van der Waals surface area contributed by atoms with Crippen LogP contribution in [-0.4, -0.2) is 26.9 Å². The molecule has 0 spiro atoms. The van der Waals surface area contributed by atoms with Crippen molar-refractivity contribution in [2.24, 2.45) is 5.92 Å². The number of rotatable bonds is 6. The minimum atomic E-state index is -0.200. The lowest BCUT2D eigenvalue weighted by Gasteiger charge is -2.35. The van der Waals surface area contributed by atoms with Crippen LogP contribution in [0.25, 0.3) is 11.3 Å². The Kier molecular flexibility index (Phi) is 4.79. The number of carbonyl (C=O) groups excluding carboxylic acids is 1. The number of nitrogens with zero attached hydrogens (tertiary/aromatic N) is 3. The maximum absolute atomic E-state index is 12.4. The van der Waals surface area contributed by atoms with Crippen LogP contribution in [0, 0.1) is 5.92 Å². The van der Waals surface area contributed by atoms with E-state index in [9.17, 15) is 4.79 Å². The second kappa shape index (κ2) is 7.39. The summed E-state index contributed by atoms with van der Waals surface area (Å²) in [6, 6.07) is 11.6. The summed E-state index contributed by atoms with van der Waals surface area (Å²) in [5.41, 5.74) is 2.87. The Morgan fingerprint density at radius 1 is 1.30 bits per heavy atom. The highest BCUT2D eigenvalue weighted by molar-refractivity contribution is 5.92. The van der Waals surface area contributed by atoms with Crippen LogP contribution in [0.4, 0.5) is 0 Å². The first-order valence-electron chi connectivity index (χ1n) is 9.44. The van der Waals surface area contributed by atoms with Crippen molar-refractivity contribution in [3.05, 3.63) is 60.1 Å². The summed E-state index contributed by atoms with van der Waals surface area (Å²) in [5, 5.41) is 11.5. The normalized spacial score (nSPS) is 19.1. The van der Waals surface area contributed by atoms with Gasteiger partial charge in [-0.1, -0.05) is 49.3 Å². The van der Waals surface area contributed by atoms with E-state index >= 15 is 0 Å². The predicted octanol–water partition coefficient (Wildman–Crippen LogP) is 3.87. The molecule has 1 fully saturated rings. The molecule has 0 bridgehead atoms. The van der Waals surface area contributed by atoms with Crippen LogP contribution in [0.5, 0.6) is 0 Å². The van der Waals surface area contributed by atoms with Crippen molar-refractivity contribution in [1.82, 2.24) is 20.3 Å². The molecule has 3 aromatic rings. The first kappa shape index (κ1) is 17.5. The molecule has 1 aliphatic carbocycles. The van der Waals surface area contributed by atoms with Crippen molar-refractivity contribution in [2.45, 2.75) is 45.2 Å². The van der Waals surface area contributed by atoms with Crippen molar-refractivity contribution in [3.8, 4) is 11.3 Å². The van der Waals surface area contributed by atoms with Gasteiger partial charge in [0.1, 0.15) is 5.69 Å². The fraction of sp³-hybridized carbons (Fsp3) is 0.381. The molecule has 0 unspecified atom stereocenters. The maximum atomic E-state index is 12.4. The molecule has 1 N–H and O–H groups in total. The minimum Gasteiger partial charge on any atom is -0.350 e. The Labute approximate surface area is 158 Å². The number of carbonyl (C=O) groups is 1. The molecule has 4 rings (SSSR count). The monoisotopic (exact) mass is 364 g/mol. The third kappa shape index (κ3) is 3.94. The lowest BCUT2D eigenvalue weighted by molar-refractivity contribution is 0.0842. The van der Waals surface area contributed by atoms with E-state index in [2.05, 4.69) is 35.6 Å². The highest BCUT2D eigenvalue weighted by atomic mass is 16.5. The van der Waals surface area contributed by atoms with E-state index in [1.165, 1.54) is 5.56 Å². The second-order valence-corrected chi connectivity index (χ2v) is 7.60. The van der Waals surface area contributed by atoms with E-state index in [1.807, 2.05) is 41.2 Å². The van der Waals surface area contributed by atoms with Crippen molar-refractivity contribution < 1.29 is 9.32 Å². The molecule has 0 atom stereocenters. The van der Waals surface area contributed by atoms with Gasteiger partial charge in [0.05, 0.1) is 6.20 Å². The summed E-state index contributed by atoms with van der Waals surface area (Å²) in [6.07, 6.45) is 5.98. The molecule has 2 aromatic heterocycles. The predicted molar refractivity (Wildman–Crippen MR) is 102 cm³/mol. The van der Waals surface area contributed by atoms with Crippen LogP contribution < -0.4 is 5.32 Å². The number of aromatic nitrogens is 3. The fourth-order valence-corrected chi connectivity index (χ4v) is 3.43. The molecule has 1 aromatic carbocycles. The van der Waals surface area contributed by atoms with Crippen LogP contribution in [-0.2, 0) is 6.54 Å². The van der Waals surface area contributed by atoms with Gasteiger partial charge in [-0.3, -0.25) is 9.48 Å². The third-order valence-corrected chi connectivity index (χ3v) is 5.14. The van der Waals surface area contributed by atoms with Gasteiger partial charge in [-0.2, -0.15) is 5.10 Å². The number of hydrogen-bond donors (Lipinski definition) is 1. The smallest absolute Gasteiger partial charge is 0.290 e. The van der Waals surface area contributed by atoms with Crippen molar-refractivity contribution in [1.29, 1.82) is 0 Å². The zero-order valence-electron chi connectivity index (χ0n) is 15.6. The highest BCUT2D eigenvalue weighted by Crippen LogP contribution is 2.29. The molecule has 1 amide bonds. The molecule has 1 saturated carbocycles. The highest BCUT2D eigenvalue weighted by Gasteiger charge is 2.31. The van der Waals surface area contributed by atoms with Crippen molar-refractivity contribution in [3.63, 3.8) is 0 Å². The summed E-state index contributed by atoms with van der Waals surface area (Å²) >= 11 is 0. The zero-order chi connectivity index (χ0) is 18.8. The lowest BCUT2D eigenvalue weighted by Crippen LogP contribution is -2.45. The Hall–Kier alpha value is -2.89. The molecule has 0 radical (unpaired) electrons. The first-order valence-corrected chi connectivity index (χ1v) is 9.44. The molecule has 140 valence electrons. The average Bonchev–Trinajstić information content (AvgIpc) is 3.30. The molecular weight excluding hydrogens is 340 g/mol. The van der Waals surface area contributed by atoms with E-state index in [1.54, 1.807) is 6.07 Å². The molecule has 1 aliphatic rings. The van der Waals surface area contributed by atoms with Gasteiger partial charge in [0.25, 0.3) is 5.91 Å². The van der Waals surface area contributed by atoms with Gasteiger partial charge < -0.3 is 9.84 Å². The van der Waals surface area contributed by atoms with Crippen LogP contribution >= 0.6 is 0 Å². The van der Waals surface area contributed by atoms with Gasteiger partial charge in [0.15, 0.2) is 0 Å². The maximum Gasteiger partial charge on any atom is 0.290 e. The summed E-state index contributed by atoms with van der Waals surface area (Å²) in [5.74, 6) is 1.10. The summed E-state index contributed by atoms with van der Waals surface area (Å²) in [6.45, 7) is 5.24. The Morgan fingerprint density at radius 2 is 2.07 bits per heavy atom. The summed E-state index contributed by atoms with van der Waals surface area (Å²) in [4.78, 5) is 12.4. The summed E-state index contributed by atoms with van der Waals surface area (Å²) < 4.78 is 7.24. The van der Waals surface area contributed by atoms with Crippen LogP contribution in [0.2, 0.25) is 0 Å². The van der Waals surface area contributed by atoms with E-state index in [4.69, 9.17) is 4.52 Å². The quantitative estimate of drug-likeness (QED) is 0.721. The third-order valence-electron chi connectivity index (χ3n) is 5.14. The van der Waals surface area contributed by atoms with E-state index < -0.39 is 0 Å². The van der Waals surface area contributed by atoms with Crippen molar-refractivity contribution in [2.75, 3.05) is 0 Å². The topological polar surface area (TPSA) is 73.0 Å². The Bertz CT molecular complexity index is 907. The number of hydrogen-bond acceptors (Lipinski definition) is 4. The van der Waals surface area contributed by atoms with Gasteiger partial charge in [-0.15, -0.1) is 0 Å². The van der Waals surface area contributed by atoms with Gasteiger partial charge >= 0.3 is 0 Å². The fourth-order valence-electron chi connectivity index (χ4n) is 3.43. The summed E-state index contributed by atoms with van der Waals surface area (Å²) in [7, 11) is 0. The number of benzene rings is 1. The molecule has 27 heavy (non-hydrogen) atoms. The molecule has 2 heterocycles. The second-order valence-electron chi connectivity index (χ2n) is 7.60. The van der Waals surface area contributed by atoms with Gasteiger partial charge in [-0.05, 0) is 30.2 Å². The van der Waals surface area contributed by atoms with Gasteiger partial charge in [-0.25, -0.2) is 0 Å². The van der Waals surface area contributed by atoms with E-state index in [-0.39, 0.29) is 17.7 Å². The van der Waals surface area contributed by atoms with E-state index in [0.717, 1.165) is 24.9 Å². The lowest BCUT2D eigenvalue weighted by atomic mass is 9.80. The SMILES string of the molecule is CC(C)c1cnn(CC2CC(NC(=O)c3cc(-c4ccccc4)no3)C2)c1. The largest absolute Gasteiger partial charge is 0.350 e. The standard InChI is InChI=1S/C21H24N4O2/c1-14(2)17-11-22-25(13-17)12-15-8-18(9-15)23-21(26)20-10-19(24-27-20)16-6-4-3-5-7-16/h3-7,10-11,13-15,18H,8-9,12H2,1-2H3,(H,23,26). The van der Waals surface area contributed by atoms with Gasteiger partial charge in [0, 0.05) is 30.4 Å². The molecular formula is C21H24N4O2. The Balaban J connectivity index is 1.27. The molecule has 0 saturated heterocycles. The first-order chi connectivity index (χ1) is 13.1. The minimum absolute atomic E-state index is 0.188. The molecule has 0 aliphatic heterocycles. The average molecular weight is 364 g/mol. The van der Waals surface area contributed by atoms with Crippen LogP contribution in [0.15, 0.2) is 53.3 Å². The Morgan fingerprint density at radius 3 is 2.78 bits per heavy atom. The zero-order valence-corrected chi connectivity index (χ0v) is 15.6. The van der Waals surface area contributed by atoms with Crippen LogP contribution in [0.3, 0.4) is 0 Å². The van der Waals surface area contributed by atoms with Crippen LogP contribution in [0.1, 0.15) is 48.7 Å². The molecule has 6 nitrogen and oxygen atoms in total. The van der Waals surface area contributed by atoms with Crippen molar-refractivity contribution >= 4 is 5.91 Å². The molecule has 6 heteroatoms. The number of nitrogens with one attached hydrogen (secondary N) is 1. The van der Waals surface area contributed by atoms with Gasteiger partial charge in [0.2, 0.25) is 5.76 Å². The van der Waals surface area contributed by atoms with E-state index in [0.29, 0.717) is 17.5 Å². The number of amides is 1.